The number of nitrogens with zero attached hydrogens (tertiary/aromatic N) is 2. The molecule has 0 atom stereocenters. The maximum absolute atomic E-state index is 3.64. The fraction of sp³-hybridized carbons (Fsp3) is 0. The van der Waals surface area contributed by atoms with E-state index in [-0.39, 0.29) is 44.8 Å². The van der Waals surface area contributed by atoms with E-state index in [1.165, 1.54) is 21.6 Å². The molecular formula is C14H18N2S2Ta2+2. The monoisotopic (exact) mass is 640 g/mol. The molecule has 2 radical (unpaired) electrons. The van der Waals surface area contributed by atoms with Gasteiger partial charge in [-0.25, -0.2) is 0 Å². The van der Waals surface area contributed by atoms with Crippen molar-refractivity contribution in [2.24, 2.45) is 0 Å². The average Bonchev–Trinajstić information content (AvgIpc) is 2.41. The summed E-state index contributed by atoms with van der Waals surface area (Å²) in [4.78, 5) is 0. The number of pyridine rings is 2. The molecule has 6 heteroatoms. The second kappa shape index (κ2) is 19.2. The van der Waals surface area contributed by atoms with Crippen LogP contribution in [0.2, 0.25) is 0 Å². The van der Waals surface area contributed by atoms with E-state index in [2.05, 4.69) is 26.6 Å². The van der Waals surface area contributed by atoms with Gasteiger partial charge < -0.3 is 30.7 Å². The van der Waals surface area contributed by atoms with Crippen LogP contribution in [0.3, 0.4) is 0 Å². The van der Waals surface area contributed by atoms with Crippen molar-refractivity contribution in [1.29, 1.82) is 0 Å². The number of hydrogen-bond donors (Lipinski definition) is 0. The molecule has 0 saturated carbocycles. The normalized spacial score (nSPS) is 7.50. The van der Waals surface area contributed by atoms with Crippen molar-refractivity contribution in [3.63, 3.8) is 0 Å². The largest absolute Gasteiger partial charge is 2.00 e. The first-order chi connectivity index (χ1) is 8.70. The summed E-state index contributed by atoms with van der Waals surface area (Å²) < 4.78 is 3.50. The van der Waals surface area contributed by atoms with Gasteiger partial charge in [-0.15, -0.1) is 0 Å². The third-order valence-corrected chi connectivity index (χ3v) is 2.30. The Morgan fingerprint density at radius 3 is 0.900 bits per heavy atom. The Morgan fingerprint density at radius 1 is 0.550 bits per heavy atom. The molecular weight excluding hydrogens is 622 g/mol. The summed E-state index contributed by atoms with van der Waals surface area (Å²) in [7, 11) is 10.1. The van der Waals surface area contributed by atoms with E-state index >= 15 is 0 Å². The van der Waals surface area contributed by atoms with Crippen molar-refractivity contribution in [2.75, 3.05) is 0 Å². The van der Waals surface area contributed by atoms with E-state index < -0.39 is 0 Å². The predicted molar refractivity (Wildman–Crippen MR) is 80.7 cm³/mol. The van der Waals surface area contributed by atoms with E-state index in [1.54, 1.807) is 9.13 Å². The van der Waals surface area contributed by atoms with Crippen LogP contribution in [0, 0.1) is 26.6 Å². The molecule has 104 valence electrons. The minimum Gasteiger partial charge on any atom is -0.339 e. The zero-order chi connectivity index (χ0) is 13.6. The van der Waals surface area contributed by atoms with Crippen LogP contribution >= 0.6 is 21.6 Å². The van der Waals surface area contributed by atoms with Gasteiger partial charge in [0.15, 0.2) is 0 Å². The van der Waals surface area contributed by atoms with Crippen molar-refractivity contribution < 1.29 is 53.9 Å². The molecule has 0 N–H and O–H groups in total. The molecule has 2 aromatic heterocycles. The summed E-state index contributed by atoms with van der Waals surface area (Å²) in [6.07, 6.45) is 14.4. The van der Waals surface area contributed by atoms with E-state index in [4.69, 9.17) is 0 Å². The van der Waals surface area contributed by atoms with Gasteiger partial charge in [0.1, 0.15) is 0 Å². The molecule has 0 bridgehead atoms. The number of rotatable bonds is 1. The molecule has 0 unspecified atom stereocenters. The average molecular weight is 640 g/mol. The molecule has 0 aliphatic heterocycles. The molecule has 0 aliphatic carbocycles. The van der Waals surface area contributed by atoms with Gasteiger partial charge in [-0.05, 0) is 0 Å². The maximum Gasteiger partial charge on any atom is 2.00 e. The van der Waals surface area contributed by atoms with E-state index in [0.29, 0.717) is 0 Å². The molecule has 2 heterocycles. The fourth-order valence-electron chi connectivity index (χ4n) is 0.869. The Morgan fingerprint density at radius 2 is 0.800 bits per heavy atom. The molecule has 2 nitrogen and oxygen atoms in total. The standard InChI is InChI=1S/2C6H7N.C2H4S2.2Ta/c2*1-7-5-3-2-4-6-7;1-3-4-2;;/h2*2-6H,1H2;1-2H2;;/q;;-2;2*+2. The maximum atomic E-state index is 3.64. The second-order valence-electron chi connectivity index (χ2n) is 3.02. The molecule has 0 spiro atoms. The van der Waals surface area contributed by atoms with Crippen molar-refractivity contribution in [3.8, 4) is 0 Å². The summed E-state index contributed by atoms with van der Waals surface area (Å²) in [5, 5.41) is 0. The van der Waals surface area contributed by atoms with Crippen molar-refractivity contribution in [1.82, 2.24) is 0 Å². The van der Waals surface area contributed by atoms with Crippen molar-refractivity contribution >= 4 is 21.6 Å². The van der Waals surface area contributed by atoms with Crippen LogP contribution in [0.25, 0.3) is 0 Å². The Balaban J connectivity index is -0.000000215. The van der Waals surface area contributed by atoms with Gasteiger partial charge in [-0.3, -0.25) is 12.5 Å². The third-order valence-electron chi connectivity index (χ3n) is 1.64. The van der Waals surface area contributed by atoms with Crippen LogP contribution in [0.15, 0.2) is 61.2 Å². The molecule has 0 fully saturated rings. The minimum absolute atomic E-state index is 0. The molecule has 20 heavy (non-hydrogen) atoms. The Kier molecular flexibility index (Phi) is 24.2. The van der Waals surface area contributed by atoms with E-state index in [9.17, 15) is 0 Å². The van der Waals surface area contributed by atoms with Crippen LogP contribution < -0.4 is 9.13 Å². The summed E-state index contributed by atoms with van der Waals surface area (Å²) in [6.45, 7) is 0. The third kappa shape index (κ3) is 18.2. The van der Waals surface area contributed by atoms with Crippen LogP contribution in [0.5, 0.6) is 0 Å². The van der Waals surface area contributed by atoms with E-state index in [0.717, 1.165) is 0 Å². The first kappa shape index (κ1) is 25.2. The summed E-state index contributed by atoms with van der Waals surface area (Å²) >= 11 is 0. The molecule has 0 aromatic carbocycles. The quantitative estimate of drug-likeness (QED) is 0.269. The molecule has 0 aliphatic rings. The zero-order valence-electron chi connectivity index (χ0n) is 11.2. The summed E-state index contributed by atoms with van der Waals surface area (Å²) in [6, 6.07) is 11.7. The number of hydrogen-bond acceptors (Lipinski definition) is 2. The van der Waals surface area contributed by atoms with Crippen molar-refractivity contribution in [3.05, 3.63) is 87.8 Å². The Labute approximate surface area is 162 Å². The minimum atomic E-state index is 0. The SMILES string of the molecule is [CH2-]SS[CH2-].[CH2-][n+]1ccccc1.[CH2-][n+]1ccccc1.[Ta+2].[Ta+2]. The van der Waals surface area contributed by atoms with Crippen LogP contribution in [-0.2, 0) is 44.8 Å². The Bertz CT molecular complexity index is 349. The van der Waals surface area contributed by atoms with Crippen LogP contribution in [-0.4, -0.2) is 0 Å². The summed E-state index contributed by atoms with van der Waals surface area (Å²) in [5.41, 5.74) is 0. The predicted octanol–water partition coefficient (Wildman–Crippen LogP) is 3.17. The van der Waals surface area contributed by atoms with Gasteiger partial charge in [0.05, 0.1) is 24.8 Å². The molecule has 0 saturated heterocycles. The summed E-state index contributed by atoms with van der Waals surface area (Å²) in [5.74, 6) is 0. The van der Waals surface area contributed by atoms with Gasteiger partial charge in [0.25, 0.3) is 0 Å². The molecule has 2 aromatic rings. The van der Waals surface area contributed by atoms with Gasteiger partial charge in [0.2, 0.25) is 0 Å². The first-order valence-electron chi connectivity index (χ1n) is 5.08. The smallest absolute Gasteiger partial charge is 0.339 e. The van der Waals surface area contributed by atoms with E-state index in [1.807, 2.05) is 61.2 Å². The van der Waals surface area contributed by atoms with Gasteiger partial charge in [0, 0.05) is 14.1 Å². The van der Waals surface area contributed by atoms with Crippen molar-refractivity contribution in [2.45, 2.75) is 0 Å². The topological polar surface area (TPSA) is 7.76 Å². The second-order valence-corrected chi connectivity index (χ2v) is 4.90. The van der Waals surface area contributed by atoms with Gasteiger partial charge >= 0.3 is 44.8 Å². The Hall–Kier alpha value is 0.221. The molecule has 0 amide bonds. The first-order valence-corrected chi connectivity index (χ1v) is 7.56. The molecule has 2 rings (SSSR count). The van der Waals surface area contributed by atoms with Crippen LogP contribution in [0.1, 0.15) is 0 Å². The fourth-order valence-corrected chi connectivity index (χ4v) is 0.869. The van der Waals surface area contributed by atoms with Gasteiger partial charge in [-0.1, -0.05) is 36.4 Å². The van der Waals surface area contributed by atoms with Gasteiger partial charge in [-0.2, -0.15) is 0 Å². The zero-order valence-corrected chi connectivity index (χ0v) is 19.3. The number of aromatic nitrogens is 2. The van der Waals surface area contributed by atoms with Crippen LogP contribution in [0.4, 0.5) is 0 Å².